The van der Waals surface area contributed by atoms with Crippen LogP contribution in [-0.2, 0) is 6.42 Å². The Morgan fingerprint density at radius 1 is 1.29 bits per heavy atom. The summed E-state index contributed by atoms with van der Waals surface area (Å²) in [5.74, 6) is 0.977. The molecule has 0 bridgehead atoms. The van der Waals surface area contributed by atoms with Crippen LogP contribution >= 0.6 is 0 Å². The maximum absolute atomic E-state index is 5.39. The van der Waals surface area contributed by atoms with Gasteiger partial charge in [-0.3, -0.25) is 0 Å². The molecule has 0 amide bonds. The minimum Gasteiger partial charge on any atom is -0.497 e. The lowest BCUT2D eigenvalue weighted by Crippen LogP contribution is -2.50. The van der Waals surface area contributed by atoms with Crippen molar-refractivity contribution in [3.8, 4) is 5.75 Å². The van der Waals surface area contributed by atoms with E-state index >= 15 is 0 Å². The first-order valence-electron chi connectivity index (χ1n) is 8.22. The van der Waals surface area contributed by atoms with Crippen molar-refractivity contribution in [3.63, 3.8) is 0 Å². The minimum atomic E-state index is 0.363. The monoisotopic (exact) mass is 288 g/mol. The molecule has 0 heterocycles. The van der Waals surface area contributed by atoms with E-state index in [2.05, 4.69) is 42.5 Å². The Labute approximate surface area is 128 Å². The van der Waals surface area contributed by atoms with E-state index < -0.39 is 0 Å². The van der Waals surface area contributed by atoms with E-state index in [0.717, 1.165) is 12.3 Å². The number of hydrogen-bond donors (Lipinski definition) is 1. The van der Waals surface area contributed by atoms with Crippen molar-refractivity contribution in [2.24, 2.45) is 0 Å². The quantitative estimate of drug-likeness (QED) is 0.901. The van der Waals surface area contributed by atoms with E-state index in [1.807, 2.05) is 0 Å². The van der Waals surface area contributed by atoms with Crippen molar-refractivity contribution in [2.45, 2.75) is 50.1 Å². The van der Waals surface area contributed by atoms with Crippen molar-refractivity contribution in [2.75, 3.05) is 27.7 Å². The van der Waals surface area contributed by atoms with Gasteiger partial charge in [0.25, 0.3) is 0 Å². The summed E-state index contributed by atoms with van der Waals surface area (Å²) in [6, 6.07) is 7.02. The number of methoxy groups -OCH3 is 1. The van der Waals surface area contributed by atoms with Gasteiger partial charge in [-0.15, -0.1) is 0 Å². The second-order valence-electron chi connectivity index (χ2n) is 6.86. The number of likely N-dealkylation sites (N-methyl/N-ethyl adjacent to an activating group) is 1. The van der Waals surface area contributed by atoms with Crippen LogP contribution < -0.4 is 10.1 Å². The second-order valence-corrected chi connectivity index (χ2v) is 6.86. The number of benzene rings is 1. The SMILES string of the molecule is COc1ccc2c(c1)C(NCC1(N(C)C)CCCC1)CC2. The van der Waals surface area contributed by atoms with Crippen molar-refractivity contribution in [1.29, 1.82) is 0 Å². The molecule has 0 spiro atoms. The van der Waals surface area contributed by atoms with Gasteiger partial charge in [0.05, 0.1) is 7.11 Å². The first-order valence-corrected chi connectivity index (χ1v) is 8.22. The lowest BCUT2D eigenvalue weighted by Gasteiger charge is -2.37. The van der Waals surface area contributed by atoms with Crippen LogP contribution in [0.3, 0.4) is 0 Å². The number of aryl methyl sites for hydroxylation is 1. The number of hydrogen-bond acceptors (Lipinski definition) is 3. The Bertz CT molecular complexity index is 492. The molecule has 1 N–H and O–H groups in total. The summed E-state index contributed by atoms with van der Waals surface area (Å²) in [6.07, 6.45) is 7.79. The Morgan fingerprint density at radius 2 is 2.05 bits per heavy atom. The highest BCUT2D eigenvalue weighted by molar-refractivity contribution is 5.40. The van der Waals surface area contributed by atoms with Gasteiger partial charge in [0.1, 0.15) is 5.75 Å². The average molecular weight is 288 g/mol. The molecule has 2 aliphatic rings. The average Bonchev–Trinajstić information content (AvgIpc) is 3.12. The summed E-state index contributed by atoms with van der Waals surface area (Å²) in [6.45, 7) is 1.10. The molecule has 21 heavy (non-hydrogen) atoms. The van der Waals surface area contributed by atoms with Crippen LogP contribution in [0, 0.1) is 0 Å². The number of fused-ring (bicyclic) bond motifs is 1. The van der Waals surface area contributed by atoms with E-state index in [-0.39, 0.29) is 0 Å². The van der Waals surface area contributed by atoms with Crippen LogP contribution in [0.2, 0.25) is 0 Å². The highest BCUT2D eigenvalue weighted by Crippen LogP contribution is 2.37. The molecule has 3 heteroatoms. The second kappa shape index (κ2) is 5.98. The van der Waals surface area contributed by atoms with Gasteiger partial charge < -0.3 is 15.0 Å². The van der Waals surface area contributed by atoms with Crippen LogP contribution in [0.4, 0.5) is 0 Å². The zero-order valence-corrected chi connectivity index (χ0v) is 13.6. The van der Waals surface area contributed by atoms with Gasteiger partial charge in [0, 0.05) is 18.1 Å². The van der Waals surface area contributed by atoms with Crippen molar-refractivity contribution >= 4 is 0 Å². The topological polar surface area (TPSA) is 24.5 Å². The summed E-state index contributed by atoms with van der Waals surface area (Å²) >= 11 is 0. The molecule has 1 aromatic carbocycles. The van der Waals surface area contributed by atoms with Gasteiger partial charge in [-0.05, 0) is 63.0 Å². The molecule has 3 rings (SSSR count). The Kier molecular flexibility index (Phi) is 4.23. The zero-order valence-electron chi connectivity index (χ0n) is 13.6. The van der Waals surface area contributed by atoms with Gasteiger partial charge in [-0.1, -0.05) is 18.9 Å². The Morgan fingerprint density at radius 3 is 2.71 bits per heavy atom. The fourth-order valence-electron chi connectivity index (χ4n) is 4.05. The highest BCUT2D eigenvalue weighted by Gasteiger charge is 2.36. The number of ether oxygens (including phenoxy) is 1. The van der Waals surface area contributed by atoms with Gasteiger partial charge in [-0.25, -0.2) is 0 Å². The predicted molar refractivity (Wildman–Crippen MR) is 86.9 cm³/mol. The normalized spacial score (nSPS) is 23.5. The molecular weight excluding hydrogens is 260 g/mol. The summed E-state index contributed by atoms with van der Waals surface area (Å²) < 4.78 is 5.39. The predicted octanol–water partition coefficient (Wildman–Crippen LogP) is 3.15. The van der Waals surface area contributed by atoms with E-state index in [1.54, 1.807) is 7.11 Å². The molecule has 2 aliphatic carbocycles. The summed E-state index contributed by atoms with van der Waals surface area (Å²) in [4.78, 5) is 2.44. The third kappa shape index (κ3) is 2.82. The van der Waals surface area contributed by atoms with Gasteiger partial charge in [0.15, 0.2) is 0 Å². The smallest absolute Gasteiger partial charge is 0.119 e. The Hall–Kier alpha value is -1.06. The summed E-state index contributed by atoms with van der Waals surface area (Å²) in [7, 11) is 6.22. The van der Waals surface area contributed by atoms with Crippen LogP contribution in [0.5, 0.6) is 5.75 Å². The molecule has 1 unspecified atom stereocenters. The van der Waals surface area contributed by atoms with E-state index in [1.165, 1.54) is 49.7 Å². The minimum absolute atomic E-state index is 0.363. The molecular formula is C18H28N2O. The van der Waals surface area contributed by atoms with Crippen LogP contribution in [-0.4, -0.2) is 38.2 Å². The standard InChI is InChI=1S/C18H28N2O/c1-20(2)18(10-4-5-11-18)13-19-17-9-7-14-6-8-15(21-3)12-16(14)17/h6,8,12,17,19H,4-5,7,9-11,13H2,1-3H3. The molecule has 3 nitrogen and oxygen atoms in total. The number of nitrogens with zero attached hydrogens (tertiary/aromatic N) is 1. The summed E-state index contributed by atoms with van der Waals surface area (Å²) in [5.41, 5.74) is 3.29. The number of rotatable bonds is 5. The van der Waals surface area contributed by atoms with Crippen LogP contribution in [0.25, 0.3) is 0 Å². The summed E-state index contributed by atoms with van der Waals surface area (Å²) in [5, 5.41) is 3.86. The molecule has 1 atom stereocenters. The van der Waals surface area contributed by atoms with Crippen LogP contribution in [0.15, 0.2) is 18.2 Å². The van der Waals surface area contributed by atoms with Crippen molar-refractivity contribution < 1.29 is 4.74 Å². The van der Waals surface area contributed by atoms with E-state index in [9.17, 15) is 0 Å². The van der Waals surface area contributed by atoms with E-state index in [0.29, 0.717) is 11.6 Å². The molecule has 0 radical (unpaired) electrons. The molecule has 0 aromatic heterocycles. The maximum Gasteiger partial charge on any atom is 0.119 e. The zero-order chi connectivity index (χ0) is 14.9. The lowest BCUT2D eigenvalue weighted by atomic mass is 9.95. The molecule has 1 aromatic rings. The number of nitrogens with one attached hydrogen (secondary N) is 1. The Balaban J connectivity index is 1.70. The first-order chi connectivity index (χ1) is 10.1. The van der Waals surface area contributed by atoms with Gasteiger partial charge in [0.2, 0.25) is 0 Å². The fourth-order valence-corrected chi connectivity index (χ4v) is 4.05. The third-order valence-electron chi connectivity index (χ3n) is 5.59. The van der Waals surface area contributed by atoms with Crippen molar-refractivity contribution in [1.82, 2.24) is 10.2 Å². The molecule has 0 aliphatic heterocycles. The fraction of sp³-hybridized carbons (Fsp3) is 0.667. The van der Waals surface area contributed by atoms with Gasteiger partial charge in [-0.2, -0.15) is 0 Å². The van der Waals surface area contributed by atoms with Crippen LogP contribution in [0.1, 0.15) is 49.3 Å². The van der Waals surface area contributed by atoms with E-state index in [4.69, 9.17) is 4.74 Å². The highest BCUT2D eigenvalue weighted by atomic mass is 16.5. The molecule has 1 saturated carbocycles. The molecule has 0 saturated heterocycles. The van der Waals surface area contributed by atoms with Crippen molar-refractivity contribution in [3.05, 3.63) is 29.3 Å². The first kappa shape index (κ1) is 14.9. The largest absolute Gasteiger partial charge is 0.497 e. The molecule has 1 fully saturated rings. The third-order valence-corrected chi connectivity index (χ3v) is 5.59. The van der Waals surface area contributed by atoms with Gasteiger partial charge >= 0.3 is 0 Å². The maximum atomic E-state index is 5.39. The lowest BCUT2D eigenvalue weighted by molar-refractivity contribution is 0.149. The molecule has 116 valence electrons.